The van der Waals surface area contributed by atoms with E-state index in [9.17, 15) is 4.79 Å². The molecule has 0 spiro atoms. The van der Waals surface area contributed by atoms with Crippen LogP contribution in [0.3, 0.4) is 0 Å². The molecular formula is C22H30N4O4. The van der Waals surface area contributed by atoms with Crippen molar-refractivity contribution in [2.24, 2.45) is 0 Å². The highest BCUT2D eigenvalue weighted by molar-refractivity contribution is 5.92. The molecule has 0 bridgehead atoms. The first-order valence-corrected chi connectivity index (χ1v) is 10.5. The van der Waals surface area contributed by atoms with E-state index in [1.807, 2.05) is 18.3 Å². The first-order valence-electron chi connectivity index (χ1n) is 10.5. The van der Waals surface area contributed by atoms with E-state index in [2.05, 4.69) is 25.8 Å². The predicted molar refractivity (Wildman–Crippen MR) is 112 cm³/mol. The Bertz CT molecular complexity index is 876. The number of nitrogens with one attached hydrogen (secondary N) is 1. The van der Waals surface area contributed by atoms with E-state index in [0.29, 0.717) is 18.2 Å². The number of aromatic nitrogens is 2. The van der Waals surface area contributed by atoms with E-state index in [0.717, 1.165) is 75.1 Å². The summed E-state index contributed by atoms with van der Waals surface area (Å²) < 4.78 is 18.4. The SMILES string of the molecule is COc1ccc(C2CCc3nc(C(=O)NCCN4CCOCC4)cn3C2)c(OC)c1. The standard InChI is InChI=1S/C22H30N4O4/c1-28-17-4-5-18(20(13-17)29-2)16-3-6-21-24-19(15-26(21)14-16)22(27)23-7-8-25-9-11-30-12-10-25/h4-5,13,15-16H,3,6-12,14H2,1-2H3,(H,23,27). The molecule has 4 rings (SSSR count). The number of methoxy groups -OCH3 is 2. The second-order valence-electron chi connectivity index (χ2n) is 7.75. The fraction of sp³-hybridized carbons (Fsp3) is 0.545. The van der Waals surface area contributed by atoms with Crippen LogP contribution in [0.2, 0.25) is 0 Å². The van der Waals surface area contributed by atoms with Gasteiger partial charge in [0.1, 0.15) is 23.0 Å². The second kappa shape index (κ2) is 9.49. The van der Waals surface area contributed by atoms with Crippen LogP contribution in [0.15, 0.2) is 24.4 Å². The van der Waals surface area contributed by atoms with Crippen molar-refractivity contribution in [3.63, 3.8) is 0 Å². The predicted octanol–water partition coefficient (Wildman–Crippen LogP) is 1.69. The molecule has 1 atom stereocenters. The lowest BCUT2D eigenvalue weighted by Crippen LogP contribution is -2.41. The van der Waals surface area contributed by atoms with Gasteiger partial charge in [0.15, 0.2) is 0 Å². The fourth-order valence-corrected chi connectivity index (χ4v) is 4.21. The van der Waals surface area contributed by atoms with Gasteiger partial charge in [0, 0.05) is 57.3 Å². The smallest absolute Gasteiger partial charge is 0.271 e. The molecule has 2 aliphatic rings. The molecular weight excluding hydrogens is 384 g/mol. The number of rotatable bonds is 7. The first-order chi connectivity index (χ1) is 14.7. The monoisotopic (exact) mass is 414 g/mol. The molecule has 2 aromatic rings. The summed E-state index contributed by atoms with van der Waals surface area (Å²) in [6, 6.07) is 5.96. The normalized spacial score (nSPS) is 19.2. The summed E-state index contributed by atoms with van der Waals surface area (Å²) in [6.07, 6.45) is 3.68. The quantitative estimate of drug-likeness (QED) is 0.743. The van der Waals surface area contributed by atoms with Crippen molar-refractivity contribution in [2.45, 2.75) is 25.3 Å². The maximum absolute atomic E-state index is 12.6. The number of carbonyl (C=O) groups excluding carboxylic acids is 1. The summed E-state index contributed by atoms with van der Waals surface area (Å²) in [5, 5.41) is 3.00. The van der Waals surface area contributed by atoms with Crippen molar-refractivity contribution in [3.05, 3.63) is 41.5 Å². The molecule has 2 aliphatic heterocycles. The third-order valence-electron chi connectivity index (χ3n) is 5.92. The molecule has 8 nitrogen and oxygen atoms in total. The van der Waals surface area contributed by atoms with Crippen LogP contribution in [-0.2, 0) is 17.7 Å². The number of amides is 1. The lowest BCUT2D eigenvalue weighted by atomic mass is 9.91. The van der Waals surface area contributed by atoms with Crippen molar-refractivity contribution < 1.29 is 19.0 Å². The van der Waals surface area contributed by atoms with Crippen LogP contribution in [0.25, 0.3) is 0 Å². The van der Waals surface area contributed by atoms with Crippen molar-refractivity contribution in [2.75, 3.05) is 53.6 Å². The largest absolute Gasteiger partial charge is 0.497 e. The van der Waals surface area contributed by atoms with Gasteiger partial charge in [-0.15, -0.1) is 0 Å². The maximum atomic E-state index is 12.6. The number of fused-ring (bicyclic) bond motifs is 1. The molecule has 1 saturated heterocycles. The third kappa shape index (κ3) is 4.60. The summed E-state index contributed by atoms with van der Waals surface area (Å²) in [5.74, 6) is 2.79. The number of benzene rings is 1. The minimum absolute atomic E-state index is 0.108. The average Bonchev–Trinajstić information content (AvgIpc) is 3.23. The van der Waals surface area contributed by atoms with Gasteiger partial charge in [0.05, 0.1) is 27.4 Å². The molecule has 3 heterocycles. The molecule has 1 N–H and O–H groups in total. The van der Waals surface area contributed by atoms with Gasteiger partial charge in [-0.3, -0.25) is 9.69 Å². The molecule has 1 aromatic carbocycles. The Morgan fingerprint density at radius 3 is 2.87 bits per heavy atom. The summed E-state index contributed by atoms with van der Waals surface area (Å²) in [7, 11) is 3.34. The van der Waals surface area contributed by atoms with Crippen molar-refractivity contribution >= 4 is 5.91 Å². The minimum Gasteiger partial charge on any atom is -0.497 e. The Hall–Kier alpha value is -2.58. The number of morpholine rings is 1. The number of imidazole rings is 1. The highest BCUT2D eigenvalue weighted by atomic mass is 16.5. The molecule has 30 heavy (non-hydrogen) atoms. The van der Waals surface area contributed by atoms with Gasteiger partial charge in [0.25, 0.3) is 5.91 Å². The van der Waals surface area contributed by atoms with Gasteiger partial charge >= 0.3 is 0 Å². The number of carbonyl (C=O) groups is 1. The number of ether oxygens (including phenoxy) is 3. The molecule has 1 unspecified atom stereocenters. The summed E-state index contributed by atoms with van der Waals surface area (Å²) in [4.78, 5) is 19.4. The Labute approximate surface area is 177 Å². The van der Waals surface area contributed by atoms with E-state index >= 15 is 0 Å². The molecule has 0 radical (unpaired) electrons. The van der Waals surface area contributed by atoms with E-state index in [1.165, 1.54) is 0 Å². The summed E-state index contributed by atoms with van der Waals surface area (Å²) in [5.41, 5.74) is 1.66. The van der Waals surface area contributed by atoms with Crippen LogP contribution >= 0.6 is 0 Å². The van der Waals surface area contributed by atoms with Crippen LogP contribution in [-0.4, -0.2) is 74.0 Å². The van der Waals surface area contributed by atoms with Gasteiger partial charge < -0.3 is 24.1 Å². The molecule has 0 saturated carbocycles. The number of nitrogens with zero attached hydrogens (tertiary/aromatic N) is 3. The van der Waals surface area contributed by atoms with Crippen LogP contribution in [0.1, 0.15) is 34.2 Å². The van der Waals surface area contributed by atoms with E-state index < -0.39 is 0 Å². The molecule has 1 amide bonds. The summed E-state index contributed by atoms with van der Waals surface area (Å²) in [6.45, 7) is 5.61. The Balaban J connectivity index is 1.37. The van der Waals surface area contributed by atoms with E-state index in [-0.39, 0.29) is 5.91 Å². The van der Waals surface area contributed by atoms with Crippen LogP contribution in [0.5, 0.6) is 11.5 Å². The summed E-state index contributed by atoms with van der Waals surface area (Å²) >= 11 is 0. The van der Waals surface area contributed by atoms with Crippen molar-refractivity contribution in [1.82, 2.24) is 19.8 Å². The van der Waals surface area contributed by atoms with E-state index in [4.69, 9.17) is 14.2 Å². The topological polar surface area (TPSA) is 77.9 Å². The van der Waals surface area contributed by atoms with Crippen molar-refractivity contribution in [1.29, 1.82) is 0 Å². The maximum Gasteiger partial charge on any atom is 0.271 e. The highest BCUT2D eigenvalue weighted by Gasteiger charge is 2.25. The van der Waals surface area contributed by atoms with Gasteiger partial charge in [0.2, 0.25) is 0 Å². The molecule has 8 heteroatoms. The Kier molecular flexibility index (Phi) is 6.54. The minimum atomic E-state index is -0.108. The zero-order chi connectivity index (χ0) is 20.9. The van der Waals surface area contributed by atoms with Gasteiger partial charge in [-0.05, 0) is 18.1 Å². The molecule has 0 aliphatic carbocycles. The van der Waals surface area contributed by atoms with Crippen molar-refractivity contribution in [3.8, 4) is 11.5 Å². The van der Waals surface area contributed by atoms with E-state index in [1.54, 1.807) is 14.2 Å². The Morgan fingerprint density at radius 2 is 2.10 bits per heavy atom. The first kappa shape index (κ1) is 20.7. The fourth-order valence-electron chi connectivity index (χ4n) is 4.21. The molecule has 1 fully saturated rings. The van der Waals surface area contributed by atoms with Crippen LogP contribution in [0, 0.1) is 0 Å². The molecule has 162 valence electrons. The third-order valence-corrected chi connectivity index (χ3v) is 5.92. The number of aryl methyl sites for hydroxylation is 1. The zero-order valence-electron chi connectivity index (χ0n) is 17.7. The Morgan fingerprint density at radius 1 is 1.27 bits per heavy atom. The van der Waals surface area contributed by atoms with Crippen LogP contribution < -0.4 is 14.8 Å². The zero-order valence-corrected chi connectivity index (χ0v) is 17.7. The highest BCUT2D eigenvalue weighted by Crippen LogP contribution is 2.36. The van der Waals surface area contributed by atoms with Gasteiger partial charge in [-0.2, -0.15) is 0 Å². The molecule has 1 aromatic heterocycles. The second-order valence-corrected chi connectivity index (χ2v) is 7.75. The average molecular weight is 415 g/mol. The van der Waals surface area contributed by atoms with Crippen LogP contribution in [0.4, 0.5) is 0 Å². The number of hydrogen-bond donors (Lipinski definition) is 1. The lowest BCUT2D eigenvalue weighted by molar-refractivity contribution is 0.0383. The van der Waals surface area contributed by atoms with Gasteiger partial charge in [-0.1, -0.05) is 6.07 Å². The number of hydrogen-bond acceptors (Lipinski definition) is 6. The lowest BCUT2D eigenvalue weighted by Gasteiger charge is -2.26. The van der Waals surface area contributed by atoms with Gasteiger partial charge in [-0.25, -0.2) is 4.98 Å².